The number of likely N-dealkylation sites (N-methyl/N-ethyl adjacent to an activating group) is 1. The molecular weight excluding hydrogens is 713 g/mol. The molecule has 0 spiro atoms. The zero-order valence-corrected chi connectivity index (χ0v) is 28.0. The first kappa shape index (κ1) is 28.9. The summed E-state index contributed by atoms with van der Waals surface area (Å²) in [5.74, 6) is 1.50. The molecule has 2 bridgehead atoms. The SMILES string of the molecule is CCCC(=O)NC[C@H]1c2c(c(O)c(C)c3c2OCO3)CC2[C@H]3c4c(cc(C)c(C)c4O)C[C@@H]([C@H](O)N21)N3C.[Ac]. The molecule has 1 saturated heterocycles. The molecule has 10 heteroatoms. The topological polar surface area (TPSA) is 115 Å². The van der Waals surface area contributed by atoms with E-state index in [4.69, 9.17) is 9.47 Å². The van der Waals surface area contributed by atoms with Gasteiger partial charge < -0.3 is 30.1 Å². The second kappa shape index (κ2) is 10.7. The fourth-order valence-electron chi connectivity index (χ4n) is 7.24. The van der Waals surface area contributed by atoms with Crippen molar-refractivity contribution >= 4 is 5.91 Å². The van der Waals surface area contributed by atoms with Crippen LogP contribution in [0.4, 0.5) is 0 Å². The molecule has 0 aromatic heterocycles. The summed E-state index contributed by atoms with van der Waals surface area (Å²) in [5, 5.41) is 37.8. The summed E-state index contributed by atoms with van der Waals surface area (Å²) in [6.45, 7) is 8.03. The van der Waals surface area contributed by atoms with Crippen molar-refractivity contribution in [3.63, 3.8) is 0 Å². The van der Waals surface area contributed by atoms with Gasteiger partial charge in [-0.2, -0.15) is 0 Å². The Morgan fingerprint density at radius 3 is 2.49 bits per heavy atom. The van der Waals surface area contributed by atoms with Crippen LogP contribution in [0.3, 0.4) is 0 Å². The van der Waals surface area contributed by atoms with Gasteiger partial charge in [-0.15, -0.1) is 0 Å². The monoisotopic (exact) mass is 750 g/mol. The van der Waals surface area contributed by atoms with Gasteiger partial charge in [0.15, 0.2) is 11.5 Å². The minimum Gasteiger partial charge on any atom is -0.507 e. The molecule has 0 saturated carbocycles. The van der Waals surface area contributed by atoms with Crippen LogP contribution in [0.25, 0.3) is 0 Å². The molecule has 2 aromatic carbocycles. The van der Waals surface area contributed by atoms with E-state index in [1.807, 2.05) is 34.7 Å². The van der Waals surface area contributed by atoms with Gasteiger partial charge in [0.2, 0.25) is 12.7 Å². The van der Waals surface area contributed by atoms with Gasteiger partial charge in [-0.25, -0.2) is 0 Å². The van der Waals surface area contributed by atoms with Crippen LogP contribution in [0, 0.1) is 64.8 Å². The number of ether oxygens (including phenoxy) is 2. The first-order valence-corrected chi connectivity index (χ1v) is 13.6. The predicted octanol–water partition coefficient (Wildman–Crippen LogP) is 2.87. The first-order chi connectivity index (χ1) is 18.1. The maximum absolute atomic E-state index is 12.6. The molecule has 4 N–H and O–H groups in total. The van der Waals surface area contributed by atoms with E-state index in [0.29, 0.717) is 42.1 Å². The number of fused-ring (bicyclic) bond motifs is 9. The van der Waals surface area contributed by atoms with Crippen molar-refractivity contribution in [2.24, 2.45) is 0 Å². The summed E-state index contributed by atoms with van der Waals surface area (Å²) in [6, 6.07) is 1.02. The molecule has 4 aliphatic heterocycles. The van der Waals surface area contributed by atoms with Crippen molar-refractivity contribution in [1.29, 1.82) is 0 Å². The molecule has 2 aromatic rings. The average molecular weight is 751 g/mol. The number of aromatic hydroxyl groups is 2. The van der Waals surface area contributed by atoms with E-state index in [2.05, 4.69) is 21.2 Å². The van der Waals surface area contributed by atoms with Crippen molar-refractivity contribution < 1.29 is 73.7 Å². The van der Waals surface area contributed by atoms with Gasteiger partial charge in [0.25, 0.3) is 0 Å². The number of phenolic OH excluding ortho intramolecular Hbond substituents is 2. The third kappa shape index (κ3) is 4.28. The molecule has 4 aliphatic rings. The quantitative estimate of drug-likeness (QED) is 0.378. The third-order valence-corrected chi connectivity index (χ3v) is 9.26. The van der Waals surface area contributed by atoms with E-state index in [-0.39, 0.29) is 87.2 Å². The van der Waals surface area contributed by atoms with Crippen LogP contribution in [-0.4, -0.2) is 69.7 Å². The summed E-state index contributed by atoms with van der Waals surface area (Å²) in [5.41, 5.74) is 5.97. The minimum atomic E-state index is -0.833. The number of carbonyl (C=O) groups excluding carboxylic acids is 1. The molecule has 1 radical (unpaired) electrons. The molecule has 5 atom stereocenters. The van der Waals surface area contributed by atoms with Crippen molar-refractivity contribution in [2.75, 3.05) is 20.4 Å². The second-order valence-electron chi connectivity index (χ2n) is 11.3. The van der Waals surface area contributed by atoms with Gasteiger partial charge in [-0.3, -0.25) is 14.6 Å². The molecule has 6 rings (SSSR count). The summed E-state index contributed by atoms with van der Waals surface area (Å²) in [4.78, 5) is 16.8. The van der Waals surface area contributed by atoms with Crippen LogP contribution < -0.4 is 14.8 Å². The van der Waals surface area contributed by atoms with Crippen LogP contribution in [-0.2, 0) is 17.6 Å². The van der Waals surface area contributed by atoms with Gasteiger partial charge in [0.1, 0.15) is 17.7 Å². The molecule has 4 heterocycles. The van der Waals surface area contributed by atoms with E-state index in [0.717, 1.165) is 39.8 Å². The van der Waals surface area contributed by atoms with Gasteiger partial charge in [-0.1, -0.05) is 13.0 Å². The van der Waals surface area contributed by atoms with Crippen LogP contribution in [0.1, 0.15) is 70.8 Å². The van der Waals surface area contributed by atoms with Crippen LogP contribution >= 0.6 is 0 Å². The number of nitrogens with zero attached hydrogens (tertiary/aromatic N) is 2. The van der Waals surface area contributed by atoms with E-state index in [9.17, 15) is 20.1 Å². The number of hydrogen-bond donors (Lipinski definition) is 4. The maximum atomic E-state index is 12.6. The van der Waals surface area contributed by atoms with Crippen molar-refractivity contribution in [3.8, 4) is 23.0 Å². The molecule has 39 heavy (non-hydrogen) atoms. The minimum absolute atomic E-state index is 0. The second-order valence-corrected chi connectivity index (χ2v) is 11.3. The Morgan fingerprint density at radius 2 is 1.77 bits per heavy atom. The van der Waals surface area contributed by atoms with E-state index >= 15 is 0 Å². The summed E-state index contributed by atoms with van der Waals surface area (Å²) < 4.78 is 11.7. The largest absolute Gasteiger partial charge is 0.507 e. The Hall–Kier alpha value is -1.57. The van der Waals surface area contributed by atoms with Gasteiger partial charge >= 0.3 is 0 Å². The molecule has 1 unspecified atom stereocenters. The Bertz CT molecular complexity index is 1330. The van der Waals surface area contributed by atoms with E-state index in [1.165, 1.54) is 0 Å². The number of aliphatic hydroxyl groups is 1. The Balaban J connectivity index is 0.00000308. The Morgan fingerprint density at radius 1 is 1.05 bits per heavy atom. The normalized spacial score (nSPS) is 26.8. The summed E-state index contributed by atoms with van der Waals surface area (Å²) >= 11 is 0. The molecule has 207 valence electrons. The first-order valence-electron chi connectivity index (χ1n) is 13.6. The van der Waals surface area contributed by atoms with E-state index < -0.39 is 12.3 Å². The number of aryl methyl sites for hydroxylation is 1. The van der Waals surface area contributed by atoms with Gasteiger partial charge in [0.05, 0.1) is 18.1 Å². The Kier molecular flexibility index (Phi) is 7.93. The average Bonchev–Trinajstić information content (AvgIpc) is 3.37. The number of benzene rings is 2. The molecular formula is C29H37AcN3O6. The molecule has 1 amide bonds. The molecule has 0 aliphatic carbocycles. The smallest absolute Gasteiger partial charge is 0.231 e. The van der Waals surface area contributed by atoms with E-state index in [1.54, 1.807) is 0 Å². The fourth-order valence-corrected chi connectivity index (χ4v) is 7.24. The zero-order chi connectivity index (χ0) is 27.0. The summed E-state index contributed by atoms with van der Waals surface area (Å²) in [6.07, 6.45) is 1.36. The zero-order valence-electron chi connectivity index (χ0n) is 23.2. The number of nitrogens with one attached hydrogen (secondary N) is 1. The van der Waals surface area contributed by atoms with Crippen LogP contribution in [0.2, 0.25) is 0 Å². The van der Waals surface area contributed by atoms with Gasteiger partial charge in [-0.05, 0) is 63.8 Å². The predicted molar refractivity (Wildman–Crippen MR) is 141 cm³/mol. The Labute approximate surface area is 265 Å². The molecule has 1 fully saturated rings. The van der Waals surface area contributed by atoms with Crippen LogP contribution in [0.15, 0.2) is 6.07 Å². The number of carbonyl (C=O) groups is 1. The van der Waals surface area contributed by atoms with Gasteiger partial charge in [0, 0.05) is 85.3 Å². The van der Waals surface area contributed by atoms with Crippen molar-refractivity contribution in [1.82, 2.24) is 15.1 Å². The fraction of sp³-hybridized carbons (Fsp3) is 0.552. The van der Waals surface area contributed by atoms with Crippen molar-refractivity contribution in [2.45, 2.75) is 83.8 Å². The third-order valence-electron chi connectivity index (χ3n) is 9.26. The number of amides is 1. The molecule has 9 nitrogen and oxygen atoms in total. The number of aliphatic hydroxyl groups excluding tert-OH is 1. The number of piperazine rings is 1. The summed E-state index contributed by atoms with van der Waals surface area (Å²) in [7, 11) is 2.01. The standard InChI is InChI=1S/C29H37N3O6.Ac/c1-6-7-21(33)30-11-20-23-17(25(34)15(4)27-28(23)38-12-37-27)10-18-24-22-16(8-13(2)14(3)26(22)35)9-19(31(24)5)29(36)32(18)20;/h8,18-20,24,29,34-36H,6-7,9-12H2,1-5H3,(H,30,33);/t18?,19-,20-,24-,29-;/m0./s1. The number of rotatable bonds is 4. The number of hydrogen-bond acceptors (Lipinski definition) is 8. The number of phenols is 2. The van der Waals surface area contributed by atoms with Crippen molar-refractivity contribution in [3.05, 3.63) is 45.0 Å². The maximum Gasteiger partial charge on any atom is 0.231 e. The van der Waals surface area contributed by atoms with Crippen LogP contribution in [0.5, 0.6) is 23.0 Å².